The van der Waals surface area contributed by atoms with E-state index in [1.54, 1.807) is 0 Å². The smallest absolute Gasteiger partial charge is 0.0496 e. The summed E-state index contributed by atoms with van der Waals surface area (Å²) in [6.07, 6.45) is 1.34. The SMILES string of the molecule is N=CCNc1ccccc1. The third-order valence-corrected chi connectivity index (χ3v) is 1.18. The van der Waals surface area contributed by atoms with E-state index in [1.807, 2.05) is 30.3 Å². The summed E-state index contributed by atoms with van der Waals surface area (Å²) >= 11 is 0. The molecule has 0 fully saturated rings. The number of nitrogens with one attached hydrogen (secondary N) is 2. The molecule has 1 rings (SSSR count). The average Bonchev–Trinajstić information content (AvgIpc) is 2.03. The van der Waals surface area contributed by atoms with Crippen molar-refractivity contribution in [1.29, 1.82) is 5.41 Å². The number of hydrogen-bond acceptors (Lipinski definition) is 2. The standard InChI is InChI=1S/C8H10N2/c9-6-7-10-8-4-2-1-3-5-8/h1-6,9-10H,7H2. The molecule has 10 heavy (non-hydrogen) atoms. The molecule has 0 aliphatic heterocycles. The van der Waals surface area contributed by atoms with Crippen LogP contribution in [0.2, 0.25) is 0 Å². The molecule has 0 bridgehead atoms. The topological polar surface area (TPSA) is 35.9 Å². The molecule has 52 valence electrons. The zero-order valence-electron chi connectivity index (χ0n) is 5.67. The van der Waals surface area contributed by atoms with Crippen LogP contribution in [-0.4, -0.2) is 12.8 Å². The molecule has 2 heteroatoms. The molecular weight excluding hydrogens is 124 g/mol. The first-order valence-electron chi connectivity index (χ1n) is 3.21. The molecule has 0 atom stereocenters. The largest absolute Gasteiger partial charge is 0.380 e. The maximum atomic E-state index is 6.76. The van der Waals surface area contributed by atoms with Crippen LogP contribution in [0.1, 0.15) is 0 Å². The van der Waals surface area contributed by atoms with Crippen LogP contribution in [0.25, 0.3) is 0 Å². The lowest BCUT2D eigenvalue weighted by Crippen LogP contribution is -2.00. The molecule has 1 aromatic rings. The van der Waals surface area contributed by atoms with Gasteiger partial charge in [0.25, 0.3) is 0 Å². The lowest BCUT2D eigenvalue weighted by Gasteiger charge is -1.99. The Morgan fingerprint density at radius 1 is 1.30 bits per heavy atom. The van der Waals surface area contributed by atoms with Crippen molar-refractivity contribution in [2.45, 2.75) is 0 Å². The van der Waals surface area contributed by atoms with Gasteiger partial charge in [0, 0.05) is 18.4 Å². The van der Waals surface area contributed by atoms with Crippen LogP contribution in [-0.2, 0) is 0 Å². The van der Waals surface area contributed by atoms with Crippen molar-refractivity contribution >= 4 is 11.9 Å². The highest BCUT2D eigenvalue weighted by Gasteiger charge is 1.83. The Balaban J connectivity index is 2.50. The highest BCUT2D eigenvalue weighted by atomic mass is 14.9. The summed E-state index contributed by atoms with van der Waals surface area (Å²) in [5, 5.41) is 9.82. The van der Waals surface area contributed by atoms with Crippen molar-refractivity contribution < 1.29 is 0 Å². The van der Waals surface area contributed by atoms with Crippen LogP contribution in [0.4, 0.5) is 5.69 Å². The van der Waals surface area contributed by atoms with Gasteiger partial charge in [0.2, 0.25) is 0 Å². The fourth-order valence-corrected chi connectivity index (χ4v) is 0.725. The second kappa shape index (κ2) is 3.67. The molecule has 0 aliphatic rings. The van der Waals surface area contributed by atoms with E-state index in [9.17, 15) is 0 Å². The predicted molar refractivity (Wildman–Crippen MR) is 43.7 cm³/mol. The third-order valence-electron chi connectivity index (χ3n) is 1.18. The molecule has 0 aromatic heterocycles. The van der Waals surface area contributed by atoms with Crippen molar-refractivity contribution in [3.05, 3.63) is 30.3 Å². The van der Waals surface area contributed by atoms with E-state index in [0.29, 0.717) is 6.54 Å². The summed E-state index contributed by atoms with van der Waals surface area (Å²) in [5.74, 6) is 0. The fraction of sp³-hybridized carbons (Fsp3) is 0.125. The van der Waals surface area contributed by atoms with Crippen molar-refractivity contribution in [2.24, 2.45) is 0 Å². The zero-order valence-corrected chi connectivity index (χ0v) is 5.67. The molecule has 2 nitrogen and oxygen atoms in total. The summed E-state index contributed by atoms with van der Waals surface area (Å²) < 4.78 is 0. The Labute approximate surface area is 60.4 Å². The number of benzene rings is 1. The molecule has 0 radical (unpaired) electrons. The van der Waals surface area contributed by atoms with Gasteiger partial charge in [0.15, 0.2) is 0 Å². The van der Waals surface area contributed by atoms with E-state index in [4.69, 9.17) is 5.41 Å². The van der Waals surface area contributed by atoms with Crippen molar-refractivity contribution in [3.63, 3.8) is 0 Å². The van der Waals surface area contributed by atoms with Gasteiger partial charge in [0.1, 0.15) is 0 Å². The average molecular weight is 134 g/mol. The first-order valence-corrected chi connectivity index (χ1v) is 3.21. The van der Waals surface area contributed by atoms with Gasteiger partial charge >= 0.3 is 0 Å². The van der Waals surface area contributed by atoms with E-state index in [1.165, 1.54) is 6.21 Å². The summed E-state index contributed by atoms with van der Waals surface area (Å²) in [7, 11) is 0. The van der Waals surface area contributed by atoms with E-state index in [2.05, 4.69) is 5.32 Å². The molecule has 0 saturated heterocycles. The predicted octanol–water partition coefficient (Wildman–Crippen LogP) is 1.75. The Morgan fingerprint density at radius 3 is 2.60 bits per heavy atom. The molecule has 1 aromatic carbocycles. The first-order chi connectivity index (χ1) is 4.93. The van der Waals surface area contributed by atoms with Gasteiger partial charge in [-0.15, -0.1) is 0 Å². The molecule has 0 aliphatic carbocycles. The minimum absolute atomic E-state index is 0.601. The van der Waals surface area contributed by atoms with Gasteiger partial charge in [-0.2, -0.15) is 0 Å². The van der Waals surface area contributed by atoms with Crippen molar-refractivity contribution in [1.82, 2.24) is 0 Å². The highest BCUT2D eigenvalue weighted by molar-refractivity contribution is 5.61. The molecule has 0 saturated carbocycles. The molecular formula is C8H10N2. The van der Waals surface area contributed by atoms with Gasteiger partial charge < -0.3 is 10.7 Å². The van der Waals surface area contributed by atoms with Gasteiger partial charge in [-0.25, -0.2) is 0 Å². The first kappa shape index (κ1) is 6.81. The Morgan fingerprint density at radius 2 is 2.00 bits per heavy atom. The van der Waals surface area contributed by atoms with E-state index >= 15 is 0 Å². The highest BCUT2D eigenvalue weighted by Crippen LogP contribution is 2.02. The van der Waals surface area contributed by atoms with Gasteiger partial charge in [-0.05, 0) is 12.1 Å². The fourth-order valence-electron chi connectivity index (χ4n) is 0.725. The normalized spacial score (nSPS) is 8.80. The Hall–Kier alpha value is -1.31. The maximum absolute atomic E-state index is 6.76. The van der Waals surface area contributed by atoms with Crippen LogP contribution in [0.5, 0.6) is 0 Å². The van der Waals surface area contributed by atoms with E-state index in [0.717, 1.165) is 5.69 Å². The second-order valence-electron chi connectivity index (χ2n) is 1.95. The van der Waals surface area contributed by atoms with Gasteiger partial charge in [-0.1, -0.05) is 18.2 Å². The number of para-hydroxylation sites is 1. The van der Waals surface area contributed by atoms with Crippen LogP contribution in [0, 0.1) is 5.41 Å². The van der Waals surface area contributed by atoms with E-state index < -0.39 is 0 Å². The van der Waals surface area contributed by atoms with Gasteiger partial charge in [0.05, 0.1) is 0 Å². The lowest BCUT2D eigenvalue weighted by atomic mass is 10.3. The Kier molecular flexibility index (Phi) is 2.49. The van der Waals surface area contributed by atoms with Crippen LogP contribution < -0.4 is 5.32 Å². The van der Waals surface area contributed by atoms with Crippen LogP contribution in [0.15, 0.2) is 30.3 Å². The maximum Gasteiger partial charge on any atom is 0.0496 e. The number of rotatable bonds is 3. The quantitative estimate of drug-likeness (QED) is 0.607. The summed E-state index contributed by atoms with van der Waals surface area (Å²) in [5.41, 5.74) is 1.06. The second-order valence-corrected chi connectivity index (χ2v) is 1.95. The summed E-state index contributed by atoms with van der Waals surface area (Å²) in [6, 6.07) is 9.85. The summed E-state index contributed by atoms with van der Waals surface area (Å²) in [6.45, 7) is 0.601. The van der Waals surface area contributed by atoms with Crippen LogP contribution >= 0.6 is 0 Å². The number of anilines is 1. The third kappa shape index (κ3) is 1.90. The number of hydrogen-bond donors (Lipinski definition) is 2. The van der Waals surface area contributed by atoms with Gasteiger partial charge in [-0.3, -0.25) is 0 Å². The minimum atomic E-state index is 0.601. The summed E-state index contributed by atoms with van der Waals surface area (Å²) in [4.78, 5) is 0. The van der Waals surface area contributed by atoms with Crippen LogP contribution in [0.3, 0.4) is 0 Å². The monoisotopic (exact) mass is 134 g/mol. The molecule has 0 unspecified atom stereocenters. The molecule has 2 N–H and O–H groups in total. The lowest BCUT2D eigenvalue weighted by molar-refractivity contribution is 1.38. The van der Waals surface area contributed by atoms with Crippen molar-refractivity contribution in [2.75, 3.05) is 11.9 Å². The molecule has 0 heterocycles. The Bertz CT molecular complexity index is 194. The minimum Gasteiger partial charge on any atom is -0.380 e. The molecule has 0 spiro atoms. The van der Waals surface area contributed by atoms with Crippen molar-refractivity contribution in [3.8, 4) is 0 Å². The zero-order chi connectivity index (χ0) is 7.23. The van der Waals surface area contributed by atoms with E-state index in [-0.39, 0.29) is 0 Å². The molecule has 0 amide bonds.